The molecule has 0 saturated carbocycles. The number of rotatable bonds is 5. The zero-order valence-electron chi connectivity index (χ0n) is 16.8. The molecular formula is C19H25F3N2O5S. The molecule has 2 aliphatic rings. The van der Waals surface area contributed by atoms with Gasteiger partial charge >= 0.3 is 12.1 Å². The predicted octanol–water partition coefficient (Wildman–Crippen LogP) is 2.60. The summed E-state index contributed by atoms with van der Waals surface area (Å²) >= 11 is 0. The van der Waals surface area contributed by atoms with Crippen molar-refractivity contribution in [2.24, 2.45) is 5.92 Å². The molecule has 2 aliphatic heterocycles. The van der Waals surface area contributed by atoms with Crippen molar-refractivity contribution in [1.82, 2.24) is 9.37 Å². The molecule has 0 aliphatic carbocycles. The first-order chi connectivity index (χ1) is 14.1. The summed E-state index contributed by atoms with van der Waals surface area (Å²) < 4.78 is 72.4. The number of carbonyl (C=O) groups excluding carboxylic acids is 1. The van der Waals surface area contributed by atoms with E-state index < -0.39 is 44.9 Å². The number of ether oxygens (including phenoxy) is 1. The minimum absolute atomic E-state index is 0.00328. The van der Waals surface area contributed by atoms with Crippen molar-refractivity contribution in [2.75, 3.05) is 33.4 Å². The summed E-state index contributed by atoms with van der Waals surface area (Å²) in [4.78, 5) is 17.5. The van der Waals surface area contributed by atoms with Crippen LogP contribution in [0.4, 0.5) is 13.2 Å². The standard InChI is InChI=1S/C19H25F3N2O5S/c1-3-28-18(25)14-7-5-9-24(11-14)30(26,27)16-12-29-23(2)17(16)13-6-4-8-15(10-13)19(20,21)22/h4,6,8,10,14,16-17H,3,5,7,9,11-12H2,1-2H3. The summed E-state index contributed by atoms with van der Waals surface area (Å²) in [6.07, 6.45) is -3.51. The van der Waals surface area contributed by atoms with Gasteiger partial charge in [0.05, 0.1) is 30.7 Å². The van der Waals surface area contributed by atoms with Gasteiger partial charge in [-0.2, -0.15) is 18.2 Å². The van der Waals surface area contributed by atoms with Gasteiger partial charge in [-0.25, -0.2) is 12.7 Å². The van der Waals surface area contributed by atoms with E-state index in [1.165, 1.54) is 28.5 Å². The Morgan fingerprint density at radius 2 is 2.07 bits per heavy atom. The van der Waals surface area contributed by atoms with Crippen LogP contribution in [0, 0.1) is 5.92 Å². The highest BCUT2D eigenvalue weighted by Gasteiger charge is 2.47. The van der Waals surface area contributed by atoms with Crippen molar-refractivity contribution in [3.8, 4) is 0 Å². The number of sulfonamides is 1. The van der Waals surface area contributed by atoms with E-state index in [1.54, 1.807) is 6.92 Å². The number of hydrogen-bond acceptors (Lipinski definition) is 6. The molecular weight excluding hydrogens is 425 g/mol. The molecule has 0 radical (unpaired) electrons. The van der Waals surface area contributed by atoms with Crippen LogP contribution in [0.25, 0.3) is 0 Å². The third kappa shape index (κ3) is 4.63. The summed E-state index contributed by atoms with van der Waals surface area (Å²) in [5.41, 5.74) is -0.644. The lowest BCUT2D eigenvalue weighted by Gasteiger charge is -2.34. The Morgan fingerprint density at radius 3 is 2.73 bits per heavy atom. The van der Waals surface area contributed by atoms with Crippen molar-refractivity contribution in [3.05, 3.63) is 35.4 Å². The van der Waals surface area contributed by atoms with Crippen molar-refractivity contribution in [3.63, 3.8) is 0 Å². The summed E-state index contributed by atoms with van der Waals surface area (Å²) in [6.45, 7) is 1.95. The highest BCUT2D eigenvalue weighted by atomic mass is 32.2. The molecule has 3 atom stereocenters. The normalized spacial score (nSPS) is 26.6. The third-order valence-corrected chi connectivity index (χ3v) is 7.70. The number of nitrogens with zero attached hydrogens (tertiary/aromatic N) is 2. The van der Waals surface area contributed by atoms with E-state index in [0.717, 1.165) is 12.1 Å². The quantitative estimate of drug-likeness (QED) is 0.642. The molecule has 30 heavy (non-hydrogen) atoms. The molecule has 1 aromatic rings. The smallest absolute Gasteiger partial charge is 0.416 e. The van der Waals surface area contributed by atoms with Gasteiger partial charge in [0.15, 0.2) is 0 Å². The lowest BCUT2D eigenvalue weighted by Crippen LogP contribution is -2.48. The fourth-order valence-corrected chi connectivity index (χ4v) is 6.03. The van der Waals surface area contributed by atoms with Crippen LogP contribution < -0.4 is 0 Å². The largest absolute Gasteiger partial charge is 0.466 e. The van der Waals surface area contributed by atoms with Crippen LogP contribution >= 0.6 is 0 Å². The number of hydroxylamine groups is 2. The van der Waals surface area contributed by atoms with E-state index in [2.05, 4.69) is 0 Å². The molecule has 0 amide bonds. The van der Waals surface area contributed by atoms with Gasteiger partial charge in [-0.1, -0.05) is 12.1 Å². The maximum absolute atomic E-state index is 13.4. The molecule has 0 N–H and O–H groups in total. The molecule has 168 valence electrons. The van der Waals surface area contributed by atoms with Crippen LogP contribution in [-0.2, 0) is 30.6 Å². The van der Waals surface area contributed by atoms with E-state index in [4.69, 9.17) is 9.57 Å². The Morgan fingerprint density at radius 1 is 1.33 bits per heavy atom. The second-order valence-electron chi connectivity index (χ2n) is 7.44. The highest BCUT2D eigenvalue weighted by molar-refractivity contribution is 7.89. The number of hydrogen-bond donors (Lipinski definition) is 0. The molecule has 0 spiro atoms. The van der Waals surface area contributed by atoms with Gasteiger partial charge in [0.1, 0.15) is 5.25 Å². The Hall–Kier alpha value is -1.69. The van der Waals surface area contributed by atoms with E-state index >= 15 is 0 Å². The minimum Gasteiger partial charge on any atom is -0.466 e. The van der Waals surface area contributed by atoms with Crippen LogP contribution in [-0.4, -0.2) is 62.4 Å². The Bertz CT molecular complexity index is 877. The molecule has 7 nitrogen and oxygen atoms in total. The van der Waals surface area contributed by atoms with E-state index in [9.17, 15) is 26.4 Å². The monoisotopic (exact) mass is 450 g/mol. The molecule has 2 fully saturated rings. The minimum atomic E-state index is -4.54. The topological polar surface area (TPSA) is 76.1 Å². The number of halogens is 3. The van der Waals surface area contributed by atoms with Gasteiger partial charge in [-0.15, -0.1) is 0 Å². The van der Waals surface area contributed by atoms with Crippen LogP contribution in [0.15, 0.2) is 24.3 Å². The lowest BCUT2D eigenvalue weighted by atomic mass is 10.00. The zero-order chi connectivity index (χ0) is 22.1. The molecule has 3 rings (SSSR count). The molecule has 0 bridgehead atoms. The van der Waals surface area contributed by atoms with Crippen LogP contribution in [0.2, 0.25) is 0 Å². The van der Waals surface area contributed by atoms with Crippen LogP contribution in [0.3, 0.4) is 0 Å². The summed E-state index contributed by atoms with van der Waals surface area (Å²) in [5, 5.41) is 0.191. The Kier molecular flexibility index (Phi) is 6.75. The first-order valence-electron chi connectivity index (χ1n) is 9.74. The second-order valence-corrected chi connectivity index (χ2v) is 9.59. The second kappa shape index (κ2) is 8.81. The van der Waals surface area contributed by atoms with Gasteiger partial charge < -0.3 is 4.74 Å². The fraction of sp³-hybridized carbons (Fsp3) is 0.632. The predicted molar refractivity (Wildman–Crippen MR) is 102 cm³/mol. The lowest BCUT2D eigenvalue weighted by molar-refractivity contribution is -0.149. The van der Waals surface area contributed by atoms with E-state index in [1.807, 2.05) is 0 Å². The summed E-state index contributed by atoms with van der Waals surface area (Å²) in [7, 11) is -2.45. The maximum Gasteiger partial charge on any atom is 0.416 e. The highest BCUT2D eigenvalue weighted by Crippen LogP contribution is 2.38. The third-order valence-electron chi connectivity index (χ3n) is 5.49. The van der Waals surface area contributed by atoms with Crippen molar-refractivity contribution in [1.29, 1.82) is 0 Å². The van der Waals surface area contributed by atoms with Gasteiger partial charge in [-0.05, 0) is 37.5 Å². The van der Waals surface area contributed by atoms with Gasteiger partial charge in [-0.3, -0.25) is 9.63 Å². The molecule has 1 aromatic carbocycles. The van der Waals surface area contributed by atoms with Crippen LogP contribution in [0.1, 0.15) is 36.9 Å². The molecule has 2 heterocycles. The molecule has 11 heteroatoms. The average Bonchev–Trinajstić information content (AvgIpc) is 3.10. The first-order valence-corrected chi connectivity index (χ1v) is 11.2. The summed E-state index contributed by atoms with van der Waals surface area (Å²) in [5.74, 6) is -0.993. The van der Waals surface area contributed by atoms with Crippen molar-refractivity contribution >= 4 is 16.0 Å². The van der Waals surface area contributed by atoms with E-state index in [-0.39, 0.29) is 31.9 Å². The first kappa shape index (κ1) is 23.0. The molecule has 0 aromatic heterocycles. The van der Waals surface area contributed by atoms with E-state index in [0.29, 0.717) is 12.8 Å². The SMILES string of the molecule is CCOC(=O)C1CCCN(S(=O)(=O)C2CON(C)C2c2cccc(C(F)(F)F)c2)C1. The number of piperidine rings is 1. The molecule has 3 unspecified atom stereocenters. The van der Waals surface area contributed by atoms with Crippen LogP contribution in [0.5, 0.6) is 0 Å². The molecule has 2 saturated heterocycles. The fourth-order valence-electron chi connectivity index (χ4n) is 3.99. The summed E-state index contributed by atoms with van der Waals surface area (Å²) in [6, 6.07) is 3.71. The Labute approximate surface area is 173 Å². The Balaban J connectivity index is 1.87. The van der Waals surface area contributed by atoms with Crippen molar-refractivity contribution < 1.29 is 36.0 Å². The average molecular weight is 450 g/mol. The maximum atomic E-state index is 13.4. The number of carbonyl (C=O) groups is 1. The van der Waals surface area contributed by atoms with Crippen molar-refractivity contribution in [2.45, 2.75) is 37.2 Å². The number of alkyl halides is 3. The zero-order valence-corrected chi connectivity index (χ0v) is 17.6. The van der Waals surface area contributed by atoms with Gasteiger partial charge in [0, 0.05) is 20.1 Å². The number of benzene rings is 1. The van der Waals surface area contributed by atoms with Gasteiger partial charge in [0.25, 0.3) is 0 Å². The van der Waals surface area contributed by atoms with Gasteiger partial charge in [0.2, 0.25) is 10.0 Å². The number of esters is 1.